The number of hydrogen-bond donors (Lipinski definition) is 4. The highest BCUT2D eigenvalue weighted by Gasteiger charge is 2.41. The average Bonchev–Trinajstić information content (AvgIpc) is 3.98. The highest BCUT2D eigenvalue weighted by Crippen LogP contribution is 2.09. The molecule has 0 radical (unpaired) electrons. The fraction of sp³-hybridized carbons (Fsp3) is 0. The fourth-order valence-corrected chi connectivity index (χ4v) is 6.96. The van der Waals surface area contributed by atoms with Crippen molar-refractivity contribution < 1.29 is 0 Å². The van der Waals surface area contributed by atoms with Crippen molar-refractivity contribution in [3.05, 3.63) is 171 Å². The molecular weight excluding hydrogens is 566 g/mol. The van der Waals surface area contributed by atoms with Gasteiger partial charge >= 0.3 is 0 Å². The Hall–Kier alpha value is -6.15. The molecule has 8 aromatic rings. The maximum absolute atomic E-state index is 4.45. The van der Waals surface area contributed by atoms with Gasteiger partial charge in [-0.25, -0.2) is 0 Å². The van der Waals surface area contributed by atoms with Crippen LogP contribution in [0.15, 0.2) is 171 Å². The Morgan fingerprint density at radius 1 is 0.304 bits per heavy atom. The molecule has 4 aromatic heterocycles. The van der Waals surface area contributed by atoms with E-state index < -0.39 is 12.3 Å². The minimum atomic E-state index is -1.72. The molecule has 8 nitrogen and oxygen atoms in total. The van der Waals surface area contributed by atoms with Crippen molar-refractivity contribution in [1.29, 1.82) is 0 Å². The van der Waals surface area contributed by atoms with Crippen LogP contribution in [0.3, 0.4) is 0 Å². The molecule has 0 aliphatic rings. The van der Waals surface area contributed by atoms with Crippen molar-refractivity contribution in [2.24, 2.45) is 0 Å². The molecule has 0 fully saturated rings. The first-order valence-electron chi connectivity index (χ1n) is 15.4. The van der Waals surface area contributed by atoms with Gasteiger partial charge in [0.1, 0.15) is 6.15 Å². The van der Waals surface area contributed by atoms with Crippen LogP contribution in [-0.2, 0) is 0 Å². The Balaban J connectivity index is 0.000000149. The van der Waals surface area contributed by atoms with E-state index in [2.05, 4.69) is 161 Å². The van der Waals surface area contributed by atoms with Gasteiger partial charge in [0.05, 0.1) is 0 Å². The number of aromatic nitrogens is 8. The highest BCUT2D eigenvalue weighted by molar-refractivity contribution is 7.20. The van der Waals surface area contributed by atoms with E-state index in [1.807, 2.05) is 0 Å². The Bertz CT molecular complexity index is 1710. The van der Waals surface area contributed by atoms with Crippen molar-refractivity contribution in [2.75, 3.05) is 0 Å². The monoisotopic (exact) mass is 598 g/mol. The molecule has 4 N–H and O–H groups in total. The standard InChI is InChI=1S/C24H20B.C12H12BN8/c1-5-13-21(14-6-1)25(22-15-7-2-8-16-22,23-17-9-3-10-18-23)24-19-11-4-12-20-24;1-2-15-9(14-1)13(10-16-3-4-17-10,11-18-5-6-19-11)12-20-7-8-21-12/h1-20H;1-8H,(H,14,15)(H,16,17)(H,18,19)(H,20,21)/q2*-1. The number of nitrogens with one attached hydrogen (secondary N) is 4. The lowest BCUT2D eigenvalue weighted by Crippen LogP contribution is -2.79. The Kier molecular flexibility index (Phi) is 7.98. The molecule has 4 heterocycles. The van der Waals surface area contributed by atoms with E-state index in [0.717, 1.165) is 22.9 Å². The molecule has 0 spiro atoms. The summed E-state index contributed by atoms with van der Waals surface area (Å²) in [6, 6.07) is 43.5. The van der Waals surface area contributed by atoms with E-state index in [1.54, 1.807) is 49.6 Å². The zero-order chi connectivity index (χ0) is 31.1. The van der Waals surface area contributed by atoms with Gasteiger partial charge in [-0.1, -0.05) is 121 Å². The van der Waals surface area contributed by atoms with Crippen molar-refractivity contribution in [3.8, 4) is 0 Å². The second-order valence-electron chi connectivity index (χ2n) is 11.3. The summed E-state index contributed by atoms with van der Waals surface area (Å²) in [5.41, 5.74) is 8.28. The van der Waals surface area contributed by atoms with Crippen LogP contribution in [0.2, 0.25) is 0 Å². The van der Waals surface area contributed by atoms with Gasteiger partial charge in [-0.05, 0) is 22.9 Å². The summed E-state index contributed by atoms with van der Waals surface area (Å²) in [4.78, 5) is 30.5. The topological polar surface area (TPSA) is 115 Å². The minimum Gasteiger partial charge on any atom is -0.383 e. The molecule has 0 saturated carbocycles. The summed E-state index contributed by atoms with van der Waals surface area (Å²) >= 11 is 0. The number of rotatable bonds is 8. The van der Waals surface area contributed by atoms with Crippen LogP contribution in [0.1, 0.15) is 0 Å². The lowest BCUT2D eigenvalue weighted by molar-refractivity contribution is 1.27. The van der Waals surface area contributed by atoms with Gasteiger partial charge in [-0.2, -0.15) is 21.9 Å². The summed E-state index contributed by atoms with van der Waals surface area (Å²) in [5, 5.41) is 0. The lowest BCUT2D eigenvalue weighted by Gasteiger charge is -2.44. The number of hydrogen-bond acceptors (Lipinski definition) is 4. The minimum absolute atomic E-state index is 0.731. The molecule has 0 amide bonds. The van der Waals surface area contributed by atoms with E-state index in [4.69, 9.17) is 0 Å². The van der Waals surface area contributed by atoms with Crippen LogP contribution < -0.4 is 44.7 Å². The predicted octanol–water partition coefficient (Wildman–Crippen LogP) is 1.02. The summed E-state index contributed by atoms with van der Waals surface area (Å²) in [6.07, 6.45) is 11.0. The first-order valence-corrected chi connectivity index (χ1v) is 15.4. The van der Waals surface area contributed by atoms with E-state index >= 15 is 0 Å². The summed E-state index contributed by atoms with van der Waals surface area (Å²) in [6.45, 7) is 0. The third kappa shape index (κ3) is 4.95. The fourth-order valence-electron chi connectivity index (χ4n) is 6.96. The smallest absolute Gasteiger partial charge is 0.260 e. The maximum atomic E-state index is 4.45. The second-order valence-corrected chi connectivity index (χ2v) is 11.3. The molecule has 0 unspecified atom stereocenters. The Morgan fingerprint density at radius 2 is 0.543 bits per heavy atom. The van der Waals surface area contributed by atoms with Gasteiger partial charge in [0.25, 0.3) is 6.15 Å². The van der Waals surface area contributed by atoms with E-state index in [1.165, 1.54) is 21.9 Å². The zero-order valence-corrected chi connectivity index (χ0v) is 25.1. The number of imidazole rings is 4. The third-order valence-corrected chi connectivity index (χ3v) is 8.92. The average molecular weight is 598 g/mol. The summed E-state index contributed by atoms with van der Waals surface area (Å²) in [7, 11) is 0. The van der Waals surface area contributed by atoms with Crippen molar-refractivity contribution in [1.82, 2.24) is 39.9 Å². The normalized spacial score (nSPS) is 11.5. The Labute approximate surface area is 267 Å². The SMILES string of the molecule is c1c[nH]c([B-](c2ncc[nH]2)(c2ncc[nH]2)c2ncc[nH]2)n1.c1ccc([B-](c2ccccc2)(c2ccccc2)c2ccccc2)cc1. The number of aromatic amines is 4. The molecule has 0 saturated heterocycles. The Morgan fingerprint density at radius 3 is 0.739 bits per heavy atom. The van der Waals surface area contributed by atoms with Crippen LogP contribution in [0, 0.1) is 0 Å². The van der Waals surface area contributed by atoms with Crippen LogP contribution >= 0.6 is 0 Å². The third-order valence-electron chi connectivity index (χ3n) is 8.92. The maximum Gasteiger partial charge on any atom is 0.260 e. The first-order chi connectivity index (χ1) is 22.8. The molecule has 224 valence electrons. The van der Waals surface area contributed by atoms with Crippen molar-refractivity contribution in [2.45, 2.75) is 0 Å². The zero-order valence-electron chi connectivity index (χ0n) is 25.1. The summed E-state index contributed by atoms with van der Waals surface area (Å²) in [5.74, 6) is 0. The van der Waals surface area contributed by atoms with E-state index in [-0.39, 0.29) is 0 Å². The highest BCUT2D eigenvalue weighted by atomic mass is 15.0. The molecule has 4 aromatic carbocycles. The molecule has 8 rings (SSSR count). The molecule has 0 aliphatic heterocycles. The van der Waals surface area contributed by atoms with Gasteiger partial charge in [-0.15, -0.1) is 0 Å². The molecule has 0 bridgehead atoms. The van der Waals surface area contributed by atoms with Crippen molar-refractivity contribution >= 4 is 57.0 Å². The molecule has 0 aliphatic carbocycles. The van der Waals surface area contributed by atoms with Crippen molar-refractivity contribution in [3.63, 3.8) is 0 Å². The molecule has 10 heteroatoms. The van der Waals surface area contributed by atoms with E-state index in [9.17, 15) is 0 Å². The number of H-pyrrole nitrogens is 4. The first kappa shape index (κ1) is 28.6. The number of benzene rings is 4. The van der Waals surface area contributed by atoms with Crippen LogP contribution in [0.5, 0.6) is 0 Å². The van der Waals surface area contributed by atoms with Gasteiger partial charge < -0.3 is 19.9 Å². The quantitative estimate of drug-likeness (QED) is 0.196. The number of nitrogens with zero attached hydrogens (tertiary/aromatic N) is 4. The molecule has 0 atom stereocenters. The summed E-state index contributed by atoms with van der Waals surface area (Å²) < 4.78 is 0. The van der Waals surface area contributed by atoms with Crippen LogP contribution in [0.4, 0.5) is 0 Å². The lowest BCUT2D eigenvalue weighted by atomic mass is 9.13. The largest absolute Gasteiger partial charge is 0.383 e. The molecular formula is C36H32B2N8-2. The van der Waals surface area contributed by atoms with Crippen LogP contribution in [0.25, 0.3) is 0 Å². The predicted molar refractivity (Wildman–Crippen MR) is 189 cm³/mol. The van der Waals surface area contributed by atoms with Gasteiger partial charge in [0, 0.05) is 49.6 Å². The van der Waals surface area contributed by atoms with Gasteiger partial charge in [-0.3, -0.25) is 19.9 Å². The second kappa shape index (κ2) is 12.8. The van der Waals surface area contributed by atoms with E-state index in [0.29, 0.717) is 0 Å². The molecule has 46 heavy (non-hydrogen) atoms. The van der Waals surface area contributed by atoms with Crippen LogP contribution in [-0.4, -0.2) is 52.2 Å². The van der Waals surface area contributed by atoms with Gasteiger partial charge in [0.2, 0.25) is 0 Å². The van der Waals surface area contributed by atoms with Gasteiger partial charge in [0.15, 0.2) is 0 Å².